The summed E-state index contributed by atoms with van der Waals surface area (Å²) < 4.78 is 25.8. The van der Waals surface area contributed by atoms with Crippen molar-refractivity contribution in [2.75, 3.05) is 0 Å². The van der Waals surface area contributed by atoms with E-state index >= 15 is 0 Å². The highest BCUT2D eigenvalue weighted by Crippen LogP contribution is 2.05. The fraction of sp³-hybridized carbons (Fsp3) is 0.500. The largest absolute Gasteiger partial charge is 0.392 e. The highest BCUT2D eigenvalue weighted by molar-refractivity contribution is 7.93. The molecule has 4 N–H and O–H groups in total. The lowest BCUT2D eigenvalue weighted by Crippen LogP contribution is -2.39. The third-order valence-corrected chi connectivity index (χ3v) is 4.50. The van der Waals surface area contributed by atoms with Gasteiger partial charge in [-0.15, -0.1) is 0 Å². The van der Waals surface area contributed by atoms with Gasteiger partial charge in [0.05, 0.1) is 11.2 Å². The average molecular weight is 262 g/mol. The zero-order chi connectivity index (χ0) is 12.3. The molecule has 6 nitrogen and oxygen atoms in total. The predicted octanol–water partition coefficient (Wildman–Crippen LogP) is -0.188. The van der Waals surface area contributed by atoms with Gasteiger partial charge in [0.25, 0.3) is 0 Å². The molecule has 1 unspecified atom stereocenters. The highest BCUT2D eigenvalue weighted by Gasteiger charge is 2.22. The summed E-state index contributed by atoms with van der Waals surface area (Å²) in [6.07, 6.45) is 1.57. The maximum Gasteiger partial charge on any atom is 0.221 e. The number of aromatic nitrogens is 2. The molecule has 0 aromatic carbocycles. The van der Waals surface area contributed by atoms with Crippen molar-refractivity contribution in [1.29, 1.82) is 0 Å². The summed E-state index contributed by atoms with van der Waals surface area (Å²) in [5, 5.41) is 5.63. The third-order valence-electron chi connectivity index (χ3n) is 2.26. The monoisotopic (exact) mass is 262 g/mol. The first-order chi connectivity index (χ1) is 7.34. The molecule has 0 spiro atoms. The quantitative estimate of drug-likeness (QED) is 0.639. The molecule has 0 aliphatic carbocycles. The third kappa shape index (κ3) is 3.00. The van der Waals surface area contributed by atoms with E-state index < -0.39 is 15.3 Å². The van der Waals surface area contributed by atoms with Gasteiger partial charge in [0.2, 0.25) is 10.0 Å². The number of hydrogen-bond donors (Lipinski definition) is 3. The van der Waals surface area contributed by atoms with E-state index in [0.717, 1.165) is 11.3 Å². The Bertz CT molecular complexity index is 480. The van der Waals surface area contributed by atoms with Crippen molar-refractivity contribution >= 4 is 27.2 Å². The van der Waals surface area contributed by atoms with Crippen molar-refractivity contribution in [3.8, 4) is 0 Å². The van der Waals surface area contributed by atoms with Crippen LogP contribution >= 0.6 is 12.2 Å². The molecule has 16 heavy (non-hydrogen) atoms. The van der Waals surface area contributed by atoms with Gasteiger partial charge in [-0.2, -0.15) is 5.10 Å². The number of nitrogens with two attached hydrogens (primary N) is 1. The fourth-order valence-electron chi connectivity index (χ4n) is 1.01. The molecule has 0 fully saturated rings. The van der Waals surface area contributed by atoms with Crippen LogP contribution in [0, 0.1) is 6.92 Å². The maximum atomic E-state index is 11.7. The summed E-state index contributed by atoms with van der Waals surface area (Å²) in [5.41, 5.74) is 6.91. The first-order valence-corrected chi connectivity index (χ1v) is 6.56. The number of H-pyrrole nitrogens is 1. The topological polar surface area (TPSA) is 101 Å². The molecule has 1 rings (SSSR count). The van der Waals surface area contributed by atoms with E-state index in [0.29, 0.717) is 0 Å². The molecule has 90 valence electrons. The summed E-state index contributed by atoms with van der Waals surface area (Å²) in [7, 11) is -3.51. The number of sulfonamides is 1. The van der Waals surface area contributed by atoms with Crippen LogP contribution in [-0.2, 0) is 16.6 Å². The summed E-state index contributed by atoms with van der Waals surface area (Å²) >= 11 is 4.65. The van der Waals surface area contributed by atoms with Crippen LogP contribution in [0.15, 0.2) is 6.20 Å². The van der Waals surface area contributed by atoms with Crippen molar-refractivity contribution in [2.24, 2.45) is 5.73 Å². The molecule has 1 heterocycles. The highest BCUT2D eigenvalue weighted by atomic mass is 32.2. The number of hydrogen-bond acceptors (Lipinski definition) is 4. The Morgan fingerprint density at radius 2 is 2.38 bits per heavy atom. The first kappa shape index (κ1) is 13.1. The second kappa shape index (κ2) is 4.89. The lowest BCUT2D eigenvalue weighted by Gasteiger charge is -2.11. The van der Waals surface area contributed by atoms with E-state index in [4.69, 9.17) is 5.73 Å². The Kier molecular flexibility index (Phi) is 4.00. The average Bonchev–Trinajstić information content (AvgIpc) is 2.60. The number of thiocarbonyl (C=S) groups is 1. The Hall–Kier alpha value is -0.990. The molecule has 1 aromatic rings. The predicted molar refractivity (Wildman–Crippen MR) is 65.3 cm³/mol. The molecule has 0 saturated heterocycles. The molecular weight excluding hydrogens is 248 g/mol. The lowest BCUT2D eigenvalue weighted by molar-refractivity contribution is 0.578. The fourth-order valence-corrected chi connectivity index (χ4v) is 2.30. The number of rotatable bonds is 5. The van der Waals surface area contributed by atoms with Gasteiger partial charge in [0.1, 0.15) is 5.25 Å². The van der Waals surface area contributed by atoms with Gasteiger partial charge in [-0.3, -0.25) is 5.10 Å². The minimum atomic E-state index is -3.51. The minimum absolute atomic E-state index is 0.0450. The van der Waals surface area contributed by atoms with E-state index in [-0.39, 0.29) is 11.5 Å². The smallest absolute Gasteiger partial charge is 0.221 e. The van der Waals surface area contributed by atoms with Crippen LogP contribution in [0.4, 0.5) is 0 Å². The van der Waals surface area contributed by atoms with E-state index in [2.05, 4.69) is 27.1 Å². The Morgan fingerprint density at radius 1 is 1.75 bits per heavy atom. The van der Waals surface area contributed by atoms with Gasteiger partial charge in [0.15, 0.2) is 0 Å². The van der Waals surface area contributed by atoms with Gasteiger partial charge in [-0.1, -0.05) is 12.2 Å². The van der Waals surface area contributed by atoms with Crippen molar-refractivity contribution in [1.82, 2.24) is 14.9 Å². The molecule has 0 aliphatic heterocycles. The molecule has 0 aliphatic rings. The van der Waals surface area contributed by atoms with Gasteiger partial charge in [-0.05, 0) is 13.8 Å². The van der Waals surface area contributed by atoms with Crippen LogP contribution < -0.4 is 10.5 Å². The first-order valence-electron chi connectivity index (χ1n) is 4.61. The van der Waals surface area contributed by atoms with Crippen LogP contribution in [0.5, 0.6) is 0 Å². The van der Waals surface area contributed by atoms with Crippen LogP contribution in [0.3, 0.4) is 0 Å². The van der Waals surface area contributed by atoms with Crippen molar-refractivity contribution in [3.05, 3.63) is 17.5 Å². The zero-order valence-electron chi connectivity index (χ0n) is 9.02. The molecule has 8 heteroatoms. The van der Waals surface area contributed by atoms with Gasteiger partial charge in [-0.25, -0.2) is 13.1 Å². The van der Waals surface area contributed by atoms with Crippen LogP contribution in [-0.4, -0.2) is 28.9 Å². The molecule has 1 aromatic heterocycles. The minimum Gasteiger partial charge on any atom is -0.392 e. The lowest BCUT2D eigenvalue weighted by atomic mass is 10.3. The summed E-state index contributed by atoms with van der Waals surface area (Å²) in [5.74, 6) is 0. The van der Waals surface area contributed by atoms with Crippen molar-refractivity contribution < 1.29 is 8.42 Å². The number of nitrogens with zero attached hydrogens (tertiary/aromatic N) is 1. The van der Waals surface area contributed by atoms with E-state index in [1.165, 1.54) is 6.92 Å². The van der Waals surface area contributed by atoms with Gasteiger partial charge in [0, 0.05) is 17.8 Å². The number of aromatic amines is 1. The maximum absolute atomic E-state index is 11.7. The van der Waals surface area contributed by atoms with Gasteiger partial charge >= 0.3 is 0 Å². The van der Waals surface area contributed by atoms with Crippen LogP contribution in [0.1, 0.15) is 18.2 Å². The molecule has 0 amide bonds. The standard InChI is InChI=1S/C8H14N4O2S2/c1-5-7(3-10-12-5)4-11-16(13,14)6(2)8(9)15/h3,6,11H,4H2,1-2H3,(H2,9,15)(H,10,12). The molecule has 1 atom stereocenters. The summed E-state index contributed by atoms with van der Waals surface area (Å²) in [6.45, 7) is 3.44. The number of aryl methyl sites for hydroxylation is 1. The van der Waals surface area contributed by atoms with Crippen LogP contribution in [0.25, 0.3) is 0 Å². The molecular formula is C8H14N4O2S2. The van der Waals surface area contributed by atoms with E-state index in [9.17, 15) is 8.42 Å². The van der Waals surface area contributed by atoms with Crippen LogP contribution in [0.2, 0.25) is 0 Å². The molecule has 0 bridgehead atoms. The number of nitrogens with one attached hydrogen (secondary N) is 2. The van der Waals surface area contributed by atoms with Crippen molar-refractivity contribution in [3.63, 3.8) is 0 Å². The SMILES string of the molecule is Cc1[nH]ncc1CNS(=O)(=O)C(C)C(N)=S. The summed E-state index contributed by atoms with van der Waals surface area (Å²) in [6, 6.07) is 0. The Morgan fingerprint density at radius 3 is 2.81 bits per heavy atom. The zero-order valence-corrected chi connectivity index (χ0v) is 10.7. The molecule has 0 radical (unpaired) electrons. The summed E-state index contributed by atoms with van der Waals surface area (Å²) in [4.78, 5) is -0.0450. The Labute approximate surface area is 99.7 Å². The second-order valence-electron chi connectivity index (χ2n) is 3.43. The van der Waals surface area contributed by atoms with E-state index in [1.807, 2.05) is 6.92 Å². The normalized spacial score (nSPS) is 13.6. The van der Waals surface area contributed by atoms with E-state index in [1.54, 1.807) is 6.20 Å². The second-order valence-corrected chi connectivity index (χ2v) is 5.99. The molecule has 0 saturated carbocycles. The Balaban J connectivity index is 2.69. The van der Waals surface area contributed by atoms with Crippen molar-refractivity contribution in [2.45, 2.75) is 25.6 Å². The van der Waals surface area contributed by atoms with Gasteiger partial charge < -0.3 is 5.73 Å².